The van der Waals surface area contributed by atoms with E-state index in [1.165, 1.54) is 21.0 Å². The quantitative estimate of drug-likeness (QED) is 0.469. The third-order valence-corrected chi connectivity index (χ3v) is 1.68. The second kappa shape index (κ2) is 5.21. The Morgan fingerprint density at radius 3 is 2.14 bits per heavy atom. The lowest BCUT2D eigenvalue weighted by molar-refractivity contribution is -0.149. The molecule has 0 aliphatic heterocycles. The maximum atomic E-state index is 11.1. The second-order valence-corrected chi connectivity index (χ2v) is 2.81. The van der Waals surface area contributed by atoms with E-state index in [1.54, 1.807) is 0 Å². The minimum Gasteiger partial charge on any atom is -0.481 e. The van der Waals surface area contributed by atoms with E-state index in [0.29, 0.717) is 0 Å². The van der Waals surface area contributed by atoms with Crippen molar-refractivity contribution in [3.05, 3.63) is 0 Å². The van der Waals surface area contributed by atoms with E-state index in [1.807, 2.05) is 0 Å². The monoisotopic (exact) mass is 203 g/mol. The van der Waals surface area contributed by atoms with Crippen LogP contribution in [0.4, 0.5) is 0 Å². The number of hydrogen-bond donors (Lipinski definition) is 2. The fraction of sp³-hybridized carbons (Fsp3) is 0.625. The topological polar surface area (TPSA) is 92.7 Å². The number of esters is 1. The van der Waals surface area contributed by atoms with Crippen LogP contribution >= 0.6 is 0 Å². The highest BCUT2D eigenvalue weighted by molar-refractivity contribution is 5.98. The summed E-state index contributed by atoms with van der Waals surface area (Å²) in [6.07, 6.45) is 0. The van der Waals surface area contributed by atoms with Gasteiger partial charge < -0.3 is 15.2 Å². The van der Waals surface area contributed by atoms with Gasteiger partial charge in [0.25, 0.3) is 0 Å². The molecule has 0 aliphatic carbocycles. The first-order valence-corrected chi connectivity index (χ1v) is 4.01. The van der Waals surface area contributed by atoms with Gasteiger partial charge in [-0.2, -0.15) is 0 Å². The number of hydrogen-bond acceptors (Lipinski definition) is 4. The van der Waals surface area contributed by atoms with Crippen LogP contribution in [0.5, 0.6) is 0 Å². The summed E-state index contributed by atoms with van der Waals surface area (Å²) >= 11 is 0. The van der Waals surface area contributed by atoms with E-state index in [9.17, 15) is 14.4 Å². The molecule has 0 rings (SSSR count). The molecular weight excluding hydrogens is 190 g/mol. The van der Waals surface area contributed by atoms with Gasteiger partial charge in [0.15, 0.2) is 0 Å². The molecule has 14 heavy (non-hydrogen) atoms. The van der Waals surface area contributed by atoms with Crippen LogP contribution in [-0.4, -0.2) is 36.1 Å². The highest BCUT2D eigenvalue weighted by Gasteiger charge is 2.24. The average Bonchev–Trinajstić information content (AvgIpc) is 2.14. The summed E-state index contributed by atoms with van der Waals surface area (Å²) in [6.45, 7) is 2.65. The van der Waals surface area contributed by atoms with E-state index in [-0.39, 0.29) is 0 Å². The smallest absolute Gasteiger partial charge is 0.328 e. The van der Waals surface area contributed by atoms with E-state index in [0.717, 1.165) is 0 Å². The lowest BCUT2D eigenvalue weighted by Gasteiger charge is -2.13. The van der Waals surface area contributed by atoms with Crippen LogP contribution in [0, 0.1) is 5.92 Å². The minimum absolute atomic E-state index is 0.615. The van der Waals surface area contributed by atoms with Crippen LogP contribution in [0.2, 0.25) is 0 Å². The summed E-state index contributed by atoms with van der Waals surface area (Å²) in [4.78, 5) is 32.4. The van der Waals surface area contributed by atoms with Crippen molar-refractivity contribution in [2.24, 2.45) is 5.92 Å². The number of carbonyl (C=O) groups is 3. The molecule has 0 spiro atoms. The average molecular weight is 203 g/mol. The van der Waals surface area contributed by atoms with E-state index < -0.39 is 29.8 Å². The fourth-order valence-electron chi connectivity index (χ4n) is 0.686. The third kappa shape index (κ3) is 3.42. The summed E-state index contributed by atoms with van der Waals surface area (Å²) in [5.41, 5.74) is 0. The Hall–Kier alpha value is -1.59. The van der Waals surface area contributed by atoms with Gasteiger partial charge in [-0.1, -0.05) is 0 Å². The number of carboxylic acid groups (broad SMARTS) is 1. The van der Waals surface area contributed by atoms with Gasteiger partial charge in [-0.15, -0.1) is 0 Å². The molecule has 1 unspecified atom stereocenters. The van der Waals surface area contributed by atoms with Crippen molar-refractivity contribution >= 4 is 17.8 Å². The molecule has 1 amide bonds. The molecule has 0 saturated carbocycles. The Morgan fingerprint density at radius 2 is 1.79 bits per heavy atom. The second-order valence-electron chi connectivity index (χ2n) is 2.81. The molecule has 0 aromatic carbocycles. The number of nitrogens with one attached hydrogen (secondary N) is 1. The Bertz CT molecular complexity index is 250. The van der Waals surface area contributed by atoms with Gasteiger partial charge in [-0.3, -0.25) is 9.59 Å². The molecule has 2 atom stereocenters. The van der Waals surface area contributed by atoms with Crippen molar-refractivity contribution in [1.29, 1.82) is 0 Å². The SMILES string of the molecule is COC(=O)[C@H](C)NC(=O)C(C)C(=O)O. The summed E-state index contributed by atoms with van der Waals surface area (Å²) in [7, 11) is 1.19. The maximum Gasteiger partial charge on any atom is 0.328 e. The number of methoxy groups -OCH3 is 1. The molecule has 0 radical (unpaired) electrons. The number of carbonyl (C=O) groups excluding carboxylic acids is 2. The summed E-state index contributed by atoms with van der Waals surface area (Å²) in [6, 6.07) is -0.839. The lowest BCUT2D eigenvalue weighted by Crippen LogP contribution is -2.43. The zero-order valence-corrected chi connectivity index (χ0v) is 8.23. The van der Waals surface area contributed by atoms with Crippen molar-refractivity contribution in [2.75, 3.05) is 7.11 Å². The van der Waals surface area contributed by atoms with Crippen molar-refractivity contribution in [3.8, 4) is 0 Å². The van der Waals surface area contributed by atoms with E-state index in [4.69, 9.17) is 5.11 Å². The Kier molecular flexibility index (Phi) is 4.62. The number of aliphatic carboxylic acids is 1. The Morgan fingerprint density at radius 1 is 1.29 bits per heavy atom. The predicted molar refractivity (Wildman–Crippen MR) is 46.4 cm³/mol. The predicted octanol–water partition coefficient (Wildman–Crippen LogP) is -0.615. The van der Waals surface area contributed by atoms with Crippen LogP contribution in [0.3, 0.4) is 0 Å². The van der Waals surface area contributed by atoms with Crippen LogP contribution in [0.25, 0.3) is 0 Å². The molecule has 0 bridgehead atoms. The first-order valence-electron chi connectivity index (χ1n) is 4.01. The normalized spacial score (nSPS) is 13.9. The third-order valence-electron chi connectivity index (χ3n) is 1.68. The van der Waals surface area contributed by atoms with Crippen molar-refractivity contribution < 1.29 is 24.2 Å². The van der Waals surface area contributed by atoms with Crippen molar-refractivity contribution in [2.45, 2.75) is 19.9 Å². The minimum atomic E-state index is -1.24. The molecule has 0 heterocycles. The van der Waals surface area contributed by atoms with Crippen molar-refractivity contribution in [3.63, 3.8) is 0 Å². The molecule has 80 valence electrons. The lowest BCUT2D eigenvalue weighted by atomic mass is 10.1. The summed E-state index contributed by atoms with van der Waals surface area (Å²) < 4.78 is 4.35. The molecule has 0 aromatic heterocycles. The first-order chi connectivity index (χ1) is 6.40. The van der Waals surface area contributed by atoms with Crippen LogP contribution < -0.4 is 5.32 Å². The van der Waals surface area contributed by atoms with Gasteiger partial charge in [0.05, 0.1) is 7.11 Å². The number of carboxylic acids is 1. The molecule has 0 aliphatic rings. The summed E-state index contributed by atoms with van der Waals surface area (Å²) in [5, 5.41) is 10.7. The number of ether oxygens (including phenoxy) is 1. The maximum absolute atomic E-state index is 11.1. The molecule has 6 heteroatoms. The summed E-state index contributed by atoms with van der Waals surface area (Å²) in [5.74, 6) is -3.74. The molecule has 6 nitrogen and oxygen atoms in total. The van der Waals surface area contributed by atoms with Gasteiger partial charge in [-0.25, -0.2) is 4.79 Å². The first kappa shape index (κ1) is 12.4. The molecule has 0 saturated heterocycles. The Balaban J connectivity index is 4.19. The van der Waals surface area contributed by atoms with Crippen LogP contribution in [0.15, 0.2) is 0 Å². The zero-order chi connectivity index (χ0) is 11.3. The Labute approximate surface area is 81.2 Å². The van der Waals surface area contributed by atoms with Crippen LogP contribution in [0.1, 0.15) is 13.8 Å². The van der Waals surface area contributed by atoms with Gasteiger partial charge >= 0.3 is 11.9 Å². The molecule has 0 aromatic rings. The van der Waals surface area contributed by atoms with E-state index in [2.05, 4.69) is 10.1 Å². The molecule has 0 fully saturated rings. The highest BCUT2D eigenvalue weighted by Crippen LogP contribution is 1.96. The van der Waals surface area contributed by atoms with Gasteiger partial charge in [0.2, 0.25) is 5.91 Å². The van der Waals surface area contributed by atoms with Gasteiger partial charge in [0, 0.05) is 0 Å². The molecular formula is C8H13NO5. The van der Waals surface area contributed by atoms with E-state index >= 15 is 0 Å². The standard InChI is InChI=1S/C8H13NO5/c1-4(7(11)12)6(10)9-5(2)8(13)14-3/h4-5H,1-3H3,(H,9,10)(H,11,12)/t4?,5-/m0/s1. The largest absolute Gasteiger partial charge is 0.481 e. The fourth-order valence-corrected chi connectivity index (χ4v) is 0.686. The van der Waals surface area contributed by atoms with Crippen molar-refractivity contribution in [1.82, 2.24) is 5.32 Å². The van der Waals surface area contributed by atoms with Gasteiger partial charge in [-0.05, 0) is 13.8 Å². The van der Waals surface area contributed by atoms with Gasteiger partial charge in [0.1, 0.15) is 12.0 Å². The highest BCUT2D eigenvalue weighted by atomic mass is 16.5. The number of amides is 1. The number of rotatable bonds is 4. The zero-order valence-electron chi connectivity index (χ0n) is 8.23. The molecule has 2 N–H and O–H groups in total. The van der Waals surface area contributed by atoms with Crippen LogP contribution in [-0.2, 0) is 19.1 Å².